The molecule has 0 spiro atoms. The van der Waals surface area contributed by atoms with Gasteiger partial charge in [0.1, 0.15) is 5.82 Å². The van der Waals surface area contributed by atoms with Gasteiger partial charge in [-0.1, -0.05) is 17.3 Å². The van der Waals surface area contributed by atoms with Crippen molar-refractivity contribution in [1.29, 1.82) is 0 Å². The lowest BCUT2D eigenvalue weighted by atomic mass is 10.1. The third-order valence-corrected chi connectivity index (χ3v) is 3.28. The molecule has 120 valence electrons. The highest BCUT2D eigenvalue weighted by Gasteiger charge is 2.13. The molecule has 0 aliphatic carbocycles. The molecule has 0 aliphatic heterocycles. The first-order chi connectivity index (χ1) is 10.6. The van der Waals surface area contributed by atoms with E-state index in [1.54, 1.807) is 26.2 Å². The van der Waals surface area contributed by atoms with E-state index >= 15 is 0 Å². The topological polar surface area (TPSA) is 71.6 Å². The number of aromatic nitrogens is 2. The Balaban J connectivity index is 2.07. The Labute approximate surface area is 128 Å². The minimum atomic E-state index is -0.300. The number of rotatable bonds is 8. The summed E-state index contributed by atoms with van der Waals surface area (Å²) in [5, 5.41) is 12.9. The van der Waals surface area contributed by atoms with Crippen LogP contribution in [-0.4, -0.2) is 53.6 Å². The van der Waals surface area contributed by atoms with Gasteiger partial charge in [0.05, 0.1) is 19.8 Å². The van der Waals surface area contributed by atoms with Crippen LogP contribution in [0, 0.1) is 12.7 Å². The number of aliphatic hydroxyl groups excluding tert-OH is 1. The SMILES string of the molecule is COCCN(CCO)Cc1nc(-c2ccc(C)c(F)c2)no1. The van der Waals surface area contributed by atoms with Crippen molar-refractivity contribution in [3.05, 3.63) is 35.5 Å². The normalized spacial score (nSPS) is 11.3. The van der Waals surface area contributed by atoms with Gasteiger partial charge >= 0.3 is 0 Å². The fourth-order valence-electron chi connectivity index (χ4n) is 1.99. The van der Waals surface area contributed by atoms with Gasteiger partial charge in [-0.2, -0.15) is 4.98 Å². The molecule has 6 nitrogen and oxygen atoms in total. The van der Waals surface area contributed by atoms with Crippen LogP contribution in [-0.2, 0) is 11.3 Å². The van der Waals surface area contributed by atoms with Crippen LogP contribution >= 0.6 is 0 Å². The standard InChI is InChI=1S/C15H20FN3O3/c1-11-3-4-12(9-13(11)16)15-17-14(22-18-15)10-19(5-7-20)6-8-21-2/h3-4,9,20H,5-8,10H2,1-2H3. The van der Waals surface area contributed by atoms with Gasteiger partial charge in [-0.05, 0) is 18.6 Å². The molecule has 2 rings (SSSR count). The van der Waals surface area contributed by atoms with Crippen molar-refractivity contribution in [2.24, 2.45) is 0 Å². The van der Waals surface area contributed by atoms with Crippen molar-refractivity contribution >= 4 is 0 Å². The molecule has 1 aromatic carbocycles. The number of halogens is 1. The number of aryl methyl sites for hydroxylation is 1. The molecule has 1 N–H and O–H groups in total. The van der Waals surface area contributed by atoms with Crippen LogP contribution in [0.5, 0.6) is 0 Å². The van der Waals surface area contributed by atoms with Gasteiger partial charge in [0.25, 0.3) is 0 Å². The summed E-state index contributed by atoms with van der Waals surface area (Å²) in [5.41, 5.74) is 1.14. The summed E-state index contributed by atoms with van der Waals surface area (Å²) >= 11 is 0. The number of nitrogens with zero attached hydrogens (tertiary/aromatic N) is 3. The Morgan fingerprint density at radius 3 is 2.86 bits per heavy atom. The second-order valence-electron chi connectivity index (χ2n) is 4.97. The number of methoxy groups -OCH3 is 1. The largest absolute Gasteiger partial charge is 0.395 e. The third kappa shape index (κ3) is 4.33. The minimum Gasteiger partial charge on any atom is -0.395 e. The minimum absolute atomic E-state index is 0.0356. The van der Waals surface area contributed by atoms with Crippen molar-refractivity contribution in [2.45, 2.75) is 13.5 Å². The highest BCUT2D eigenvalue weighted by molar-refractivity contribution is 5.54. The Kier molecular flexibility index (Phi) is 6.00. The Morgan fingerprint density at radius 1 is 1.36 bits per heavy atom. The average Bonchev–Trinajstić information content (AvgIpc) is 2.96. The second-order valence-corrected chi connectivity index (χ2v) is 4.97. The Hall–Kier alpha value is -1.83. The fourth-order valence-corrected chi connectivity index (χ4v) is 1.99. The second kappa shape index (κ2) is 7.98. The number of aliphatic hydroxyl groups is 1. The molecule has 0 saturated heterocycles. The van der Waals surface area contributed by atoms with Gasteiger partial charge in [-0.3, -0.25) is 4.90 Å². The monoisotopic (exact) mass is 309 g/mol. The molecule has 1 aromatic heterocycles. The van der Waals surface area contributed by atoms with Crippen LogP contribution in [0.4, 0.5) is 4.39 Å². The lowest BCUT2D eigenvalue weighted by Crippen LogP contribution is -2.29. The summed E-state index contributed by atoms with van der Waals surface area (Å²) in [6, 6.07) is 4.82. The highest BCUT2D eigenvalue weighted by Crippen LogP contribution is 2.19. The number of ether oxygens (including phenoxy) is 1. The molecule has 0 atom stereocenters. The number of hydrogen-bond donors (Lipinski definition) is 1. The van der Waals surface area contributed by atoms with Crippen LogP contribution in [0.25, 0.3) is 11.4 Å². The summed E-state index contributed by atoms with van der Waals surface area (Å²) in [5.74, 6) is 0.468. The lowest BCUT2D eigenvalue weighted by molar-refractivity contribution is 0.118. The van der Waals surface area contributed by atoms with E-state index in [-0.39, 0.29) is 12.4 Å². The van der Waals surface area contributed by atoms with E-state index in [2.05, 4.69) is 10.1 Å². The van der Waals surface area contributed by atoms with E-state index in [9.17, 15) is 4.39 Å². The zero-order valence-electron chi connectivity index (χ0n) is 12.8. The summed E-state index contributed by atoms with van der Waals surface area (Å²) < 4.78 is 23.8. The van der Waals surface area contributed by atoms with Gasteiger partial charge in [0.2, 0.25) is 11.7 Å². The molecule has 0 radical (unpaired) electrons. The van der Waals surface area contributed by atoms with Crippen molar-refractivity contribution in [2.75, 3.05) is 33.4 Å². The van der Waals surface area contributed by atoms with Gasteiger partial charge in [-0.15, -0.1) is 0 Å². The maximum absolute atomic E-state index is 13.6. The van der Waals surface area contributed by atoms with Gasteiger partial charge in [0.15, 0.2) is 0 Å². The third-order valence-electron chi connectivity index (χ3n) is 3.28. The van der Waals surface area contributed by atoms with E-state index in [0.717, 1.165) is 0 Å². The van der Waals surface area contributed by atoms with E-state index in [4.69, 9.17) is 14.4 Å². The summed E-state index contributed by atoms with van der Waals surface area (Å²) in [6.07, 6.45) is 0. The molecule has 22 heavy (non-hydrogen) atoms. The maximum atomic E-state index is 13.6. The number of benzene rings is 1. The summed E-state index contributed by atoms with van der Waals surface area (Å²) in [7, 11) is 1.62. The van der Waals surface area contributed by atoms with Crippen LogP contribution < -0.4 is 0 Å². The lowest BCUT2D eigenvalue weighted by Gasteiger charge is -2.18. The van der Waals surface area contributed by atoms with Crippen LogP contribution in [0.2, 0.25) is 0 Å². The van der Waals surface area contributed by atoms with E-state index in [1.165, 1.54) is 6.07 Å². The van der Waals surface area contributed by atoms with Crippen molar-refractivity contribution in [1.82, 2.24) is 15.0 Å². The van der Waals surface area contributed by atoms with Gasteiger partial charge < -0.3 is 14.4 Å². The van der Waals surface area contributed by atoms with Crippen LogP contribution in [0.1, 0.15) is 11.5 Å². The number of hydrogen-bond acceptors (Lipinski definition) is 6. The first-order valence-corrected chi connectivity index (χ1v) is 7.05. The first-order valence-electron chi connectivity index (χ1n) is 7.05. The van der Waals surface area contributed by atoms with Gasteiger partial charge in [-0.25, -0.2) is 4.39 Å². The Morgan fingerprint density at radius 2 is 2.18 bits per heavy atom. The quantitative estimate of drug-likeness (QED) is 0.799. The molecule has 0 unspecified atom stereocenters. The zero-order valence-corrected chi connectivity index (χ0v) is 12.8. The molecule has 0 bridgehead atoms. The van der Waals surface area contributed by atoms with Crippen molar-refractivity contribution in [3.8, 4) is 11.4 Å². The van der Waals surface area contributed by atoms with Crippen LogP contribution in [0.15, 0.2) is 22.7 Å². The summed E-state index contributed by atoms with van der Waals surface area (Å²) in [4.78, 5) is 6.21. The fraction of sp³-hybridized carbons (Fsp3) is 0.467. The molecule has 2 aromatic rings. The molecular weight excluding hydrogens is 289 g/mol. The summed E-state index contributed by atoms with van der Waals surface area (Å²) in [6.45, 7) is 3.82. The van der Waals surface area contributed by atoms with Gasteiger partial charge in [0, 0.05) is 25.8 Å². The van der Waals surface area contributed by atoms with Crippen molar-refractivity contribution in [3.63, 3.8) is 0 Å². The smallest absolute Gasteiger partial charge is 0.241 e. The predicted octanol–water partition coefficient (Wildman–Crippen LogP) is 1.62. The first kappa shape index (κ1) is 16.5. The predicted molar refractivity (Wildman–Crippen MR) is 78.7 cm³/mol. The van der Waals surface area contributed by atoms with E-state index in [0.29, 0.717) is 49.1 Å². The highest BCUT2D eigenvalue weighted by atomic mass is 19.1. The molecule has 1 heterocycles. The van der Waals surface area contributed by atoms with Crippen molar-refractivity contribution < 1.29 is 18.8 Å². The van der Waals surface area contributed by atoms with Crippen LogP contribution in [0.3, 0.4) is 0 Å². The van der Waals surface area contributed by atoms with E-state index in [1.807, 2.05) is 4.90 Å². The average molecular weight is 309 g/mol. The zero-order chi connectivity index (χ0) is 15.9. The van der Waals surface area contributed by atoms with E-state index < -0.39 is 0 Å². The molecule has 0 aliphatic rings. The Bertz CT molecular complexity index is 603. The molecule has 0 saturated carbocycles. The molecule has 0 amide bonds. The molecular formula is C15H20FN3O3. The maximum Gasteiger partial charge on any atom is 0.241 e. The molecule has 0 fully saturated rings. The molecule has 7 heteroatoms.